The lowest BCUT2D eigenvalue weighted by atomic mass is 9.98. The molecular weight excluding hydrogens is 348 g/mol. The van der Waals surface area contributed by atoms with Gasteiger partial charge in [-0.2, -0.15) is 0 Å². The number of anilines is 1. The zero-order valence-electron chi connectivity index (χ0n) is 14.4. The fourth-order valence-corrected chi connectivity index (χ4v) is 3.04. The van der Waals surface area contributed by atoms with Gasteiger partial charge in [0.05, 0.1) is 11.6 Å². The summed E-state index contributed by atoms with van der Waals surface area (Å²) in [5, 5.41) is 5.25. The minimum absolute atomic E-state index is 0.173. The molecule has 1 aliphatic rings. The number of H-pyrrole nitrogens is 1. The second-order valence-corrected chi connectivity index (χ2v) is 6.10. The number of benzene rings is 2. The van der Waals surface area contributed by atoms with E-state index in [4.69, 9.17) is 4.74 Å². The molecule has 0 aliphatic carbocycles. The Labute approximate surface area is 153 Å². The highest BCUT2D eigenvalue weighted by molar-refractivity contribution is 5.92. The standard InChI is InChI=1S/C19H16N4O4/c1-23-16-14(17(24)22-19(23)26)15(20-18(25)21-16)11-6-5-9-13(10-11)27-12-7-3-2-4-8-12/h2-10,15H,1H3,(H2,20,21,25)(H,22,24,26)/t15-/m0/s1. The van der Waals surface area contributed by atoms with Crippen LogP contribution in [0.2, 0.25) is 0 Å². The van der Waals surface area contributed by atoms with Gasteiger partial charge in [0.1, 0.15) is 17.3 Å². The fourth-order valence-electron chi connectivity index (χ4n) is 3.04. The number of amides is 2. The van der Waals surface area contributed by atoms with Crippen molar-refractivity contribution in [1.29, 1.82) is 0 Å². The molecule has 0 saturated carbocycles. The van der Waals surface area contributed by atoms with Crippen molar-refractivity contribution >= 4 is 11.8 Å². The third-order valence-corrected chi connectivity index (χ3v) is 4.33. The van der Waals surface area contributed by atoms with Crippen LogP contribution in [0.5, 0.6) is 11.5 Å². The Kier molecular flexibility index (Phi) is 4.00. The van der Waals surface area contributed by atoms with Crippen molar-refractivity contribution in [1.82, 2.24) is 14.9 Å². The molecule has 0 unspecified atom stereocenters. The lowest BCUT2D eigenvalue weighted by Gasteiger charge is -2.27. The van der Waals surface area contributed by atoms with E-state index in [1.54, 1.807) is 24.3 Å². The molecule has 8 nitrogen and oxygen atoms in total. The van der Waals surface area contributed by atoms with Crippen molar-refractivity contribution < 1.29 is 9.53 Å². The van der Waals surface area contributed by atoms with Crippen LogP contribution in [-0.2, 0) is 7.05 Å². The lowest BCUT2D eigenvalue weighted by Crippen LogP contribution is -2.46. The van der Waals surface area contributed by atoms with Gasteiger partial charge in [0.25, 0.3) is 5.56 Å². The Balaban J connectivity index is 1.78. The third kappa shape index (κ3) is 3.08. The molecule has 0 radical (unpaired) electrons. The predicted molar refractivity (Wildman–Crippen MR) is 99.3 cm³/mol. The highest BCUT2D eigenvalue weighted by atomic mass is 16.5. The monoisotopic (exact) mass is 364 g/mol. The minimum Gasteiger partial charge on any atom is -0.457 e. The van der Waals surface area contributed by atoms with Crippen LogP contribution in [0.25, 0.3) is 0 Å². The Hall–Kier alpha value is -3.81. The molecule has 136 valence electrons. The van der Waals surface area contributed by atoms with Crippen LogP contribution in [0.4, 0.5) is 10.6 Å². The molecule has 3 N–H and O–H groups in total. The van der Waals surface area contributed by atoms with E-state index in [1.807, 2.05) is 30.3 Å². The predicted octanol–water partition coefficient (Wildman–Crippen LogP) is 2.09. The molecule has 8 heteroatoms. The quantitative estimate of drug-likeness (QED) is 0.662. The van der Waals surface area contributed by atoms with E-state index in [2.05, 4.69) is 15.6 Å². The van der Waals surface area contributed by atoms with Crippen LogP contribution in [0.15, 0.2) is 64.2 Å². The zero-order valence-corrected chi connectivity index (χ0v) is 14.4. The van der Waals surface area contributed by atoms with Crippen LogP contribution < -0.4 is 26.6 Å². The van der Waals surface area contributed by atoms with Gasteiger partial charge in [0.2, 0.25) is 0 Å². The number of aromatic amines is 1. The Morgan fingerprint density at radius 2 is 1.70 bits per heavy atom. The number of carbonyl (C=O) groups is 1. The number of urea groups is 1. The number of rotatable bonds is 3. The largest absolute Gasteiger partial charge is 0.457 e. The number of hydrogen-bond donors (Lipinski definition) is 3. The van der Waals surface area contributed by atoms with Crippen molar-refractivity contribution in [3.8, 4) is 11.5 Å². The molecule has 0 saturated heterocycles. The molecule has 1 aliphatic heterocycles. The van der Waals surface area contributed by atoms with E-state index >= 15 is 0 Å². The van der Waals surface area contributed by atoms with Crippen molar-refractivity contribution in [2.45, 2.75) is 6.04 Å². The van der Waals surface area contributed by atoms with Gasteiger partial charge in [0.15, 0.2) is 0 Å². The smallest absolute Gasteiger partial charge is 0.329 e. The average Bonchev–Trinajstić information content (AvgIpc) is 2.66. The number of carbonyl (C=O) groups excluding carboxylic acids is 1. The summed E-state index contributed by atoms with van der Waals surface area (Å²) in [5.41, 5.74) is -0.238. The van der Waals surface area contributed by atoms with Crippen molar-refractivity contribution in [2.75, 3.05) is 5.32 Å². The van der Waals surface area contributed by atoms with Gasteiger partial charge >= 0.3 is 11.7 Å². The Bertz CT molecular complexity index is 1130. The number of hydrogen-bond acceptors (Lipinski definition) is 4. The highest BCUT2D eigenvalue weighted by Crippen LogP contribution is 2.31. The van der Waals surface area contributed by atoms with Gasteiger partial charge in [-0.25, -0.2) is 9.59 Å². The van der Waals surface area contributed by atoms with Crippen LogP contribution in [0.1, 0.15) is 17.2 Å². The number of aromatic nitrogens is 2. The van der Waals surface area contributed by atoms with E-state index < -0.39 is 23.3 Å². The van der Waals surface area contributed by atoms with E-state index in [9.17, 15) is 14.4 Å². The fraction of sp³-hybridized carbons (Fsp3) is 0.105. The first-order chi connectivity index (χ1) is 13.0. The van der Waals surface area contributed by atoms with Gasteiger partial charge in [-0.1, -0.05) is 30.3 Å². The minimum atomic E-state index is -0.719. The van der Waals surface area contributed by atoms with Gasteiger partial charge in [-0.05, 0) is 29.8 Å². The van der Waals surface area contributed by atoms with Crippen molar-refractivity contribution in [3.63, 3.8) is 0 Å². The van der Waals surface area contributed by atoms with Gasteiger partial charge in [-0.15, -0.1) is 0 Å². The van der Waals surface area contributed by atoms with E-state index in [1.165, 1.54) is 11.6 Å². The molecule has 2 amide bonds. The molecule has 0 bridgehead atoms. The summed E-state index contributed by atoms with van der Waals surface area (Å²) >= 11 is 0. The van der Waals surface area contributed by atoms with E-state index in [-0.39, 0.29) is 11.4 Å². The van der Waals surface area contributed by atoms with Crippen LogP contribution in [0, 0.1) is 0 Å². The molecule has 4 rings (SSSR count). The zero-order chi connectivity index (χ0) is 19.0. The summed E-state index contributed by atoms with van der Waals surface area (Å²) in [6.45, 7) is 0. The maximum Gasteiger partial charge on any atom is 0.329 e. The summed E-state index contributed by atoms with van der Waals surface area (Å²) in [7, 11) is 1.48. The molecule has 3 aromatic rings. The SMILES string of the molecule is Cn1c2c(c(=O)[nH]c1=O)[C@H](c1cccc(Oc3ccccc3)c1)NC(=O)N2. The first kappa shape index (κ1) is 16.6. The maximum absolute atomic E-state index is 12.4. The van der Waals surface area contributed by atoms with E-state index in [0.717, 1.165) is 0 Å². The van der Waals surface area contributed by atoms with E-state index in [0.29, 0.717) is 17.1 Å². The number of para-hydroxylation sites is 1. The topological polar surface area (TPSA) is 105 Å². The molecular formula is C19H16N4O4. The molecule has 1 aromatic heterocycles. The number of fused-ring (bicyclic) bond motifs is 1. The summed E-state index contributed by atoms with van der Waals surface area (Å²) < 4.78 is 7.03. The average molecular weight is 364 g/mol. The number of nitrogens with one attached hydrogen (secondary N) is 3. The summed E-state index contributed by atoms with van der Waals surface area (Å²) in [6, 6.07) is 15.1. The van der Waals surface area contributed by atoms with Crippen molar-refractivity contribution in [2.24, 2.45) is 7.05 Å². The summed E-state index contributed by atoms with van der Waals surface area (Å²) in [5.74, 6) is 1.41. The van der Waals surface area contributed by atoms with Gasteiger partial charge in [0, 0.05) is 7.05 Å². The van der Waals surface area contributed by atoms with Crippen molar-refractivity contribution in [3.05, 3.63) is 86.6 Å². The second kappa shape index (κ2) is 6.49. The molecule has 2 aromatic carbocycles. The third-order valence-electron chi connectivity index (χ3n) is 4.33. The summed E-state index contributed by atoms with van der Waals surface area (Å²) in [6.07, 6.45) is 0. The molecule has 27 heavy (non-hydrogen) atoms. The van der Waals surface area contributed by atoms with Crippen LogP contribution >= 0.6 is 0 Å². The Morgan fingerprint density at radius 3 is 2.48 bits per heavy atom. The molecule has 2 heterocycles. The first-order valence-electron chi connectivity index (χ1n) is 8.26. The van der Waals surface area contributed by atoms with Crippen LogP contribution in [-0.4, -0.2) is 15.6 Å². The summed E-state index contributed by atoms with van der Waals surface area (Å²) in [4.78, 5) is 38.6. The van der Waals surface area contributed by atoms with Gasteiger partial charge < -0.3 is 10.1 Å². The second-order valence-electron chi connectivity index (χ2n) is 6.10. The van der Waals surface area contributed by atoms with Crippen LogP contribution in [0.3, 0.4) is 0 Å². The molecule has 0 fully saturated rings. The number of ether oxygens (including phenoxy) is 1. The maximum atomic E-state index is 12.4. The Morgan fingerprint density at radius 1 is 0.963 bits per heavy atom. The highest BCUT2D eigenvalue weighted by Gasteiger charge is 2.30. The van der Waals surface area contributed by atoms with Gasteiger partial charge in [-0.3, -0.25) is 19.7 Å². The molecule has 0 spiro atoms. The normalized spacial score (nSPS) is 15.4. The number of nitrogens with zero attached hydrogens (tertiary/aromatic N) is 1. The molecule has 1 atom stereocenters. The first-order valence-corrected chi connectivity index (χ1v) is 8.26. The lowest BCUT2D eigenvalue weighted by molar-refractivity contribution is 0.248.